The molecule has 0 N–H and O–H groups in total. The quantitative estimate of drug-likeness (QED) is 0.391. The highest BCUT2D eigenvalue weighted by Crippen LogP contribution is 2.30. The lowest BCUT2D eigenvalue weighted by Gasteiger charge is -2.39. The van der Waals surface area contributed by atoms with Crippen molar-refractivity contribution in [3.8, 4) is 11.6 Å². The average Bonchev–Trinajstić information content (AvgIpc) is 3.40. The molecule has 1 fully saturated rings. The van der Waals surface area contributed by atoms with Gasteiger partial charge >= 0.3 is 0 Å². The maximum absolute atomic E-state index is 13.5. The molecule has 0 aliphatic carbocycles. The summed E-state index contributed by atoms with van der Waals surface area (Å²) in [5, 5.41) is 3.89. The van der Waals surface area contributed by atoms with Gasteiger partial charge in [-0.1, -0.05) is 29.4 Å². The number of carbonyl (C=O) groups excluding carboxylic acids is 1. The zero-order valence-corrected chi connectivity index (χ0v) is 19.4. The number of aromatic nitrogens is 4. The molecule has 0 spiro atoms. The van der Waals surface area contributed by atoms with Crippen LogP contribution in [0, 0.1) is 11.6 Å². The van der Waals surface area contributed by atoms with Gasteiger partial charge in [-0.15, -0.1) is 0 Å². The normalized spacial score (nSPS) is 14.4. The van der Waals surface area contributed by atoms with Crippen molar-refractivity contribution in [1.82, 2.24) is 29.9 Å². The van der Waals surface area contributed by atoms with Gasteiger partial charge in [-0.2, -0.15) is 4.98 Å². The molecule has 1 aliphatic rings. The van der Waals surface area contributed by atoms with Crippen LogP contribution in [-0.2, 0) is 11.2 Å². The lowest BCUT2D eigenvalue weighted by atomic mass is 9.96. The summed E-state index contributed by atoms with van der Waals surface area (Å²) in [6, 6.07) is 14.2. The number of amides is 1. The molecule has 1 aliphatic heterocycles. The third-order valence-corrected chi connectivity index (χ3v) is 6.19. The van der Waals surface area contributed by atoms with Crippen LogP contribution in [0.3, 0.4) is 0 Å². The minimum atomic E-state index is -0.309. The summed E-state index contributed by atoms with van der Waals surface area (Å²) in [5.74, 6) is 0.405. The van der Waals surface area contributed by atoms with Crippen LogP contribution in [0.2, 0.25) is 0 Å². The van der Waals surface area contributed by atoms with E-state index in [4.69, 9.17) is 4.52 Å². The van der Waals surface area contributed by atoms with Gasteiger partial charge < -0.3 is 9.42 Å². The highest BCUT2D eigenvalue weighted by molar-refractivity contribution is 5.76. The summed E-state index contributed by atoms with van der Waals surface area (Å²) < 4.78 is 32.3. The van der Waals surface area contributed by atoms with Gasteiger partial charge in [0.15, 0.2) is 0 Å². The van der Waals surface area contributed by atoms with Gasteiger partial charge in [-0.3, -0.25) is 9.69 Å². The zero-order valence-electron chi connectivity index (χ0n) is 19.4. The fraction of sp³-hybridized carbons (Fsp3) is 0.269. The van der Waals surface area contributed by atoms with E-state index in [2.05, 4.69) is 25.0 Å². The monoisotopic (exact) mass is 490 g/mol. The SMILES string of the molecule is O=C(CCc1nc(-c2ncccn2)no1)N1CCN(C(c2ccc(F)cc2)c2ccc(F)cc2)CC1. The van der Waals surface area contributed by atoms with Crippen LogP contribution in [0.25, 0.3) is 11.6 Å². The van der Waals surface area contributed by atoms with Crippen molar-refractivity contribution >= 4 is 5.91 Å². The molecular weight excluding hydrogens is 466 g/mol. The largest absolute Gasteiger partial charge is 0.340 e. The second kappa shape index (κ2) is 10.7. The third kappa shape index (κ3) is 5.44. The molecule has 3 heterocycles. The fourth-order valence-corrected chi connectivity index (χ4v) is 4.37. The first-order valence-electron chi connectivity index (χ1n) is 11.7. The Balaban J connectivity index is 1.20. The summed E-state index contributed by atoms with van der Waals surface area (Å²) in [5.41, 5.74) is 1.83. The molecule has 0 bridgehead atoms. The van der Waals surface area contributed by atoms with E-state index in [9.17, 15) is 13.6 Å². The molecule has 10 heteroatoms. The smallest absolute Gasteiger partial charge is 0.240 e. The van der Waals surface area contributed by atoms with Crippen LogP contribution in [0.15, 0.2) is 71.5 Å². The Morgan fingerprint density at radius 2 is 1.44 bits per heavy atom. The second-order valence-electron chi connectivity index (χ2n) is 8.51. The number of hydrogen-bond donors (Lipinski definition) is 0. The third-order valence-electron chi connectivity index (χ3n) is 6.19. The van der Waals surface area contributed by atoms with E-state index < -0.39 is 0 Å². The highest BCUT2D eigenvalue weighted by Gasteiger charge is 2.28. The predicted molar refractivity (Wildman–Crippen MR) is 126 cm³/mol. The van der Waals surface area contributed by atoms with Crippen LogP contribution in [0.1, 0.15) is 29.5 Å². The number of nitrogens with zero attached hydrogens (tertiary/aromatic N) is 6. The minimum absolute atomic E-state index is 0.00507. The van der Waals surface area contributed by atoms with Crippen LogP contribution < -0.4 is 0 Å². The van der Waals surface area contributed by atoms with Crippen molar-refractivity contribution in [2.24, 2.45) is 0 Å². The number of rotatable bonds is 7. The van der Waals surface area contributed by atoms with E-state index in [1.807, 2.05) is 4.90 Å². The Morgan fingerprint density at radius 1 is 0.861 bits per heavy atom. The van der Waals surface area contributed by atoms with Crippen LogP contribution in [0.4, 0.5) is 8.78 Å². The first-order valence-corrected chi connectivity index (χ1v) is 11.7. The Kier molecular flexibility index (Phi) is 7.03. The molecule has 1 saturated heterocycles. The second-order valence-corrected chi connectivity index (χ2v) is 8.51. The molecular formula is C26H24F2N6O2. The zero-order chi connectivity index (χ0) is 24.9. The van der Waals surface area contributed by atoms with Gasteiger partial charge in [0.2, 0.25) is 23.4 Å². The number of halogens is 2. The molecule has 0 radical (unpaired) electrons. The van der Waals surface area contributed by atoms with E-state index in [-0.39, 0.29) is 30.0 Å². The van der Waals surface area contributed by atoms with Gasteiger partial charge in [0.1, 0.15) is 11.6 Å². The van der Waals surface area contributed by atoms with Crippen LogP contribution in [0.5, 0.6) is 0 Å². The maximum Gasteiger partial charge on any atom is 0.240 e. The number of hydrogen-bond acceptors (Lipinski definition) is 7. The molecule has 0 atom stereocenters. The first-order chi connectivity index (χ1) is 17.6. The number of piperazine rings is 1. The van der Waals surface area contributed by atoms with Crippen molar-refractivity contribution in [2.45, 2.75) is 18.9 Å². The van der Waals surface area contributed by atoms with Gasteiger partial charge in [0.05, 0.1) is 6.04 Å². The molecule has 1 amide bonds. The van der Waals surface area contributed by atoms with Gasteiger partial charge in [0.25, 0.3) is 0 Å². The summed E-state index contributed by atoms with van der Waals surface area (Å²) in [6.45, 7) is 2.34. The van der Waals surface area contributed by atoms with E-state index in [0.29, 0.717) is 50.1 Å². The lowest BCUT2D eigenvalue weighted by molar-refractivity contribution is -0.133. The number of carbonyl (C=O) groups is 1. The average molecular weight is 491 g/mol. The van der Waals surface area contributed by atoms with E-state index in [0.717, 1.165) is 11.1 Å². The molecule has 2 aromatic carbocycles. The summed E-state index contributed by atoms with van der Waals surface area (Å²) in [4.78, 5) is 29.4. The fourth-order valence-electron chi connectivity index (χ4n) is 4.37. The first kappa shape index (κ1) is 23.7. The molecule has 4 aromatic rings. The van der Waals surface area contributed by atoms with E-state index >= 15 is 0 Å². The minimum Gasteiger partial charge on any atom is -0.340 e. The van der Waals surface area contributed by atoms with Gasteiger partial charge in [0, 0.05) is 51.4 Å². The standard InChI is InChI=1S/C26H24F2N6O2/c27-20-6-2-18(3-7-20)24(19-4-8-21(28)9-5-19)34-16-14-33(15-17-34)23(35)11-10-22-31-26(32-36-22)25-29-12-1-13-30-25/h1-9,12-13,24H,10-11,14-17H2. The summed E-state index contributed by atoms with van der Waals surface area (Å²) in [6.07, 6.45) is 3.76. The summed E-state index contributed by atoms with van der Waals surface area (Å²) in [7, 11) is 0. The Hall–Kier alpha value is -4.05. The van der Waals surface area contributed by atoms with Gasteiger partial charge in [-0.25, -0.2) is 18.7 Å². The number of aryl methyl sites for hydroxylation is 1. The van der Waals surface area contributed by atoms with E-state index in [1.54, 1.807) is 42.7 Å². The van der Waals surface area contributed by atoms with Gasteiger partial charge in [-0.05, 0) is 41.5 Å². The van der Waals surface area contributed by atoms with Crippen molar-refractivity contribution in [1.29, 1.82) is 0 Å². The molecule has 2 aromatic heterocycles. The lowest BCUT2D eigenvalue weighted by Crippen LogP contribution is -2.49. The molecule has 36 heavy (non-hydrogen) atoms. The Labute approximate surface area is 206 Å². The summed E-state index contributed by atoms with van der Waals surface area (Å²) >= 11 is 0. The van der Waals surface area contributed by atoms with Crippen LogP contribution in [-0.4, -0.2) is 62.0 Å². The maximum atomic E-state index is 13.5. The molecule has 5 rings (SSSR count). The molecule has 0 unspecified atom stereocenters. The molecule has 184 valence electrons. The molecule has 8 nitrogen and oxygen atoms in total. The van der Waals surface area contributed by atoms with Crippen LogP contribution >= 0.6 is 0 Å². The van der Waals surface area contributed by atoms with Crippen molar-refractivity contribution in [2.75, 3.05) is 26.2 Å². The highest BCUT2D eigenvalue weighted by atomic mass is 19.1. The predicted octanol–water partition coefficient (Wildman–Crippen LogP) is 3.67. The Morgan fingerprint density at radius 3 is 2.03 bits per heavy atom. The van der Waals surface area contributed by atoms with Crippen molar-refractivity contribution in [3.63, 3.8) is 0 Å². The van der Waals surface area contributed by atoms with Crippen molar-refractivity contribution in [3.05, 3.63) is 95.6 Å². The topological polar surface area (TPSA) is 88.2 Å². The van der Waals surface area contributed by atoms with E-state index in [1.165, 1.54) is 24.3 Å². The number of benzene rings is 2. The molecule has 0 saturated carbocycles. The van der Waals surface area contributed by atoms with Crippen molar-refractivity contribution < 1.29 is 18.1 Å². The Bertz CT molecular complexity index is 1240.